The van der Waals surface area contributed by atoms with Gasteiger partial charge in [0, 0.05) is 26.2 Å². The molecule has 0 spiro atoms. The minimum absolute atomic E-state index is 0.000836. The number of carbonyl (C=O) groups excluding carboxylic acids is 1. The third-order valence-corrected chi connectivity index (χ3v) is 4.56. The van der Waals surface area contributed by atoms with Crippen LogP contribution < -0.4 is 15.4 Å². The molecule has 162 valence electrons. The number of aliphatic imine (C=N–C) groups is 1. The minimum Gasteiger partial charge on any atom is -0.491 e. The van der Waals surface area contributed by atoms with E-state index < -0.39 is 0 Å². The Hall–Kier alpha value is -3.02. The van der Waals surface area contributed by atoms with Gasteiger partial charge in [-0.25, -0.2) is 4.99 Å². The lowest BCUT2D eigenvalue weighted by Crippen LogP contribution is -2.39. The summed E-state index contributed by atoms with van der Waals surface area (Å²) in [6, 6.07) is 15.7. The van der Waals surface area contributed by atoms with Crippen LogP contribution in [0, 0.1) is 0 Å². The standard InChI is InChI=1S/C24H34N4O2/c1-6-25-24(26-15-16-30-22-10-8-7-9-21(22)18(2)3)27-17-19-11-13-20(14-12-19)23(29)28(4)5/h7-14,18H,6,15-17H2,1-5H3,(H2,25,26,27). The number of guanidine groups is 1. The highest BCUT2D eigenvalue weighted by molar-refractivity contribution is 5.93. The lowest BCUT2D eigenvalue weighted by Gasteiger charge is -2.15. The minimum atomic E-state index is -0.000836. The van der Waals surface area contributed by atoms with Gasteiger partial charge in [-0.1, -0.05) is 44.2 Å². The van der Waals surface area contributed by atoms with Crippen LogP contribution in [0.1, 0.15) is 48.2 Å². The largest absolute Gasteiger partial charge is 0.491 e. The second-order valence-corrected chi connectivity index (χ2v) is 7.56. The van der Waals surface area contributed by atoms with Crippen LogP contribution in [0.25, 0.3) is 0 Å². The van der Waals surface area contributed by atoms with Crippen molar-refractivity contribution in [1.29, 1.82) is 0 Å². The van der Waals surface area contributed by atoms with Crippen molar-refractivity contribution < 1.29 is 9.53 Å². The number of nitrogens with one attached hydrogen (secondary N) is 2. The van der Waals surface area contributed by atoms with Crippen LogP contribution in [0.2, 0.25) is 0 Å². The van der Waals surface area contributed by atoms with Crippen LogP contribution in [0.3, 0.4) is 0 Å². The molecule has 2 rings (SSSR count). The van der Waals surface area contributed by atoms with Crippen molar-refractivity contribution in [2.45, 2.75) is 33.2 Å². The van der Waals surface area contributed by atoms with Crippen molar-refractivity contribution in [2.75, 3.05) is 33.8 Å². The zero-order chi connectivity index (χ0) is 21.9. The molecule has 0 saturated heterocycles. The fraction of sp³-hybridized carbons (Fsp3) is 0.417. The average molecular weight is 411 g/mol. The summed E-state index contributed by atoms with van der Waals surface area (Å²) in [6.07, 6.45) is 0. The number of carbonyl (C=O) groups is 1. The first-order chi connectivity index (χ1) is 14.4. The zero-order valence-electron chi connectivity index (χ0n) is 18.7. The molecule has 6 nitrogen and oxygen atoms in total. The monoisotopic (exact) mass is 410 g/mol. The highest BCUT2D eigenvalue weighted by Gasteiger charge is 2.08. The summed E-state index contributed by atoms with van der Waals surface area (Å²) in [5, 5.41) is 6.56. The van der Waals surface area contributed by atoms with Gasteiger partial charge in [-0.3, -0.25) is 4.79 Å². The Balaban J connectivity index is 1.88. The van der Waals surface area contributed by atoms with Crippen LogP contribution in [0.5, 0.6) is 5.75 Å². The Morgan fingerprint density at radius 1 is 1.07 bits per heavy atom. The molecule has 0 unspecified atom stereocenters. The van der Waals surface area contributed by atoms with E-state index in [-0.39, 0.29) is 5.91 Å². The molecular weight excluding hydrogens is 376 g/mol. The summed E-state index contributed by atoms with van der Waals surface area (Å²) in [5.74, 6) is 2.10. The molecule has 2 aromatic carbocycles. The maximum absolute atomic E-state index is 12.0. The molecule has 2 N–H and O–H groups in total. The molecule has 1 amide bonds. The van der Waals surface area contributed by atoms with Gasteiger partial charge in [-0.2, -0.15) is 0 Å². The first kappa shape index (κ1) is 23.3. The topological polar surface area (TPSA) is 66.0 Å². The van der Waals surface area contributed by atoms with Crippen molar-refractivity contribution in [3.63, 3.8) is 0 Å². The van der Waals surface area contributed by atoms with Gasteiger partial charge in [0.05, 0.1) is 13.1 Å². The van der Waals surface area contributed by atoms with E-state index >= 15 is 0 Å². The lowest BCUT2D eigenvalue weighted by molar-refractivity contribution is 0.0827. The van der Waals surface area contributed by atoms with Crippen LogP contribution >= 0.6 is 0 Å². The van der Waals surface area contributed by atoms with E-state index in [1.165, 1.54) is 5.56 Å². The van der Waals surface area contributed by atoms with Crippen molar-refractivity contribution in [3.8, 4) is 5.75 Å². The molecule has 0 aliphatic carbocycles. The first-order valence-electron chi connectivity index (χ1n) is 10.5. The van der Waals surface area contributed by atoms with Gasteiger partial charge >= 0.3 is 0 Å². The Bertz CT molecular complexity index is 829. The van der Waals surface area contributed by atoms with E-state index in [1.807, 2.05) is 49.4 Å². The molecule has 0 heterocycles. The Morgan fingerprint density at radius 3 is 2.40 bits per heavy atom. The maximum Gasteiger partial charge on any atom is 0.253 e. The SMILES string of the molecule is CCNC(=NCc1ccc(C(=O)N(C)C)cc1)NCCOc1ccccc1C(C)C. The average Bonchev–Trinajstić information content (AvgIpc) is 2.74. The predicted molar refractivity (Wildman–Crippen MR) is 123 cm³/mol. The van der Waals surface area contributed by atoms with Gasteiger partial charge in [0.25, 0.3) is 5.91 Å². The molecular formula is C24H34N4O2. The van der Waals surface area contributed by atoms with Crippen molar-refractivity contribution in [2.24, 2.45) is 4.99 Å². The van der Waals surface area contributed by atoms with Gasteiger partial charge in [0.15, 0.2) is 5.96 Å². The Kier molecular flexibility index (Phi) is 9.19. The highest BCUT2D eigenvalue weighted by Crippen LogP contribution is 2.25. The highest BCUT2D eigenvalue weighted by atomic mass is 16.5. The van der Waals surface area contributed by atoms with E-state index in [9.17, 15) is 4.79 Å². The summed E-state index contributed by atoms with van der Waals surface area (Å²) in [5.41, 5.74) is 2.94. The summed E-state index contributed by atoms with van der Waals surface area (Å²) in [7, 11) is 3.50. The van der Waals surface area contributed by atoms with Crippen molar-refractivity contribution in [3.05, 3.63) is 65.2 Å². The second-order valence-electron chi connectivity index (χ2n) is 7.56. The van der Waals surface area contributed by atoms with Crippen molar-refractivity contribution in [1.82, 2.24) is 15.5 Å². The summed E-state index contributed by atoms with van der Waals surface area (Å²) in [4.78, 5) is 18.2. The van der Waals surface area contributed by atoms with E-state index in [0.717, 1.165) is 23.8 Å². The molecule has 0 fully saturated rings. The Labute approximate surface area is 180 Å². The summed E-state index contributed by atoms with van der Waals surface area (Å²) >= 11 is 0. The van der Waals surface area contributed by atoms with E-state index in [4.69, 9.17) is 4.74 Å². The third-order valence-electron chi connectivity index (χ3n) is 4.56. The molecule has 0 aliphatic rings. The van der Waals surface area contributed by atoms with Crippen LogP contribution in [0.4, 0.5) is 0 Å². The normalized spacial score (nSPS) is 11.3. The molecule has 2 aromatic rings. The number of hydrogen-bond acceptors (Lipinski definition) is 3. The van der Waals surface area contributed by atoms with Gasteiger partial charge in [0.1, 0.15) is 12.4 Å². The number of benzene rings is 2. The molecule has 0 aliphatic heterocycles. The number of ether oxygens (including phenoxy) is 1. The fourth-order valence-corrected chi connectivity index (χ4v) is 2.94. The quantitative estimate of drug-likeness (QED) is 0.376. The van der Waals surface area contributed by atoms with Gasteiger partial charge in [-0.15, -0.1) is 0 Å². The van der Waals surface area contributed by atoms with E-state index in [0.29, 0.717) is 31.2 Å². The molecule has 0 aromatic heterocycles. The fourth-order valence-electron chi connectivity index (χ4n) is 2.94. The molecule has 6 heteroatoms. The molecule has 0 atom stereocenters. The number of rotatable bonds is 9. The van der Waals surface area contributed by atoms with Gasteiger partial charge in [-0.05, 0) is 42.2 Å². The number of para-hydroxylation sites is 1. The van der Waals surface area contributed by atoms with E-state index in [1.54, 1.807) is 19.0 Å². The summed E-state index contributed by atoms with van der Waals surface area (Å²) in [6.45, 7) is 8.87. The molecule has 0 bridgehead atoms. The molecule has 0 radical (unpaired) electrons. The number of amides is 1. The number of hydrogen-bond donors (Lipinski definition) is 2. The predicted octanol–water partition coefficient (Wildman–Crippen LogP) is 3.65. The maximum atomic E-state index is 12.0. The van der Waals surface area contributed by atoms with Gasteiger partial charge < -0.3 is 20.3 Å². The molecule has 30 heavy (non-hydrogen) atoms. The van der Waals surface area contributed by atoms with Crippen LogP contribution in [-0.4, -0.2) is 50.6 Å². The van der Waals surface area contributed by atoms with Crippen LogP contribution in [-0.2, 0) is 6.54 Å². The summed E-state index contributed by atoms with van der Waals surface area (Å²) < 4.78 is 5.96. The number of nitrogens with zero attached hydrogens (tertiary/aromatic N) is 2. The molecule has 0 saturated carbocycles. The Morgan fingerprint density at radius 2 is 1.77 bits per heavy atom. The van der Waals surface area contributed by atoms with Crippen molar-refractivity contribution >= 4 is 11.9 Å². The lowest BCUT2D eigenvalue weighted by atomic mass is 10.0. The third kappa shape index (κ3) is 7.10. The van der Waals surface area contributed by atoms with Gasteiger partial charge in [0.2, 0.25) is 0 Å². The smallest absolute Gasteiger partial charge is 0.253 e. The second kappa shape index (κ2) is 11.9. The zero-order valence-corrected chi connectivity index (χ0v) is 18.7. The van der Waals surface area contributed by atoms with E-state index in [2.05, 4.69) is 35.5 Å². The van der Waals surface area contributed by atoms with Crippen LogP contribution in [0.15, 0.2) is 53.5 Å². The first-order valence-corrected chi connectivity index (χ1v) is 10.5.